The number of hydrogen-bond donors (Lipinski definition) is 0. The van der Waals surface area contributed by atoms with Gasteiger partial charge in [0.15, 0.2) is 11.5 Å². The van der Waals surface area contributed by atoms with Crippen LogP contribution in [0.2, 0.25) is 0 Å². The van der Waals surface area contributed by atoms with Crippen molar-refractivity contribution in [2.45, 2.75) is 19.1 Å². The Balaban J connectivity index is 1.52. The van der Waals surface area contributed by atoms with E-state index in [0.717, 1.165) is 54.4 Å². The second-order valence-electron chi connectivity index (χ2n) is 6.54. The van der Waals surface area contributed by atoms with E-state index < -0.39 is 0 Å². The van der Waals surface area contributed by atoms with E-state index in [1.54, 1.807) is 13.3 Å². The third kappa shape index (κ3) is 3.76. The predicted molar refractivity (Wildman–Crippen MR) is 96.8 cm³/mol. The Morgan fingerprint density at radius 1 is 1.19 bits per heavy atom. The molecule has 1 aromatic carbocycles. The molecule has 138 valence electrons. The summed E-state index contributed by atoms with van der Waals surface area (Å²) in [4.78, 5) is 6.58. The molecule has 0 saturated carbocycles. The van der Waals surface area contributed by atoms with Gasteiger partial charge < -0.3 is 18.9 Å². The van der Waals surface area contributed by atoms with Crippen LogP contribution in [-0.4, -0.2) is 49.9 Å². The normalized spacial score (nSPS) is 20.4. The predicted octanol–water partition coefficient (Wildman–Crippen LogP) is 2.83. The fourth-order valence-corrected chi connectivity index (χ4v) is 3.40. The summed E-state index contributed by atoms with van der Waals surface area (Å²) in [5, 5.41) is 0. The first-order valence-electron chi connectivity index (χ1n) is 9.04. The van der Waals surface area contributed by atoms with Gasteiger partial charge in [0, 0.05) is 55.6 Å². The highest BCUT2D eigenvalue weighted by Crippen LogP contribution is 2.37. The van der Waals surface area contributed by atoms with Gasteiger partial charge in [0.25, 0.3) is 0 Å². The molecule has 0 radical (unpaired) electrons. The van der Waals surface area contributed by atoms with Crippen molar-refractivity contribution in [3.05, 3.63) is 47.8 Å². The average Bonchev–Trinajstić information content (AvgIpc) is 2.93. The van der Waals surface area contributed by atoms with Crippen LogP contribution in [-0.2, 0) is 11.3 Å². The summed E-state index contributed by atoms with van der Waals surface area (Å²) in [5.74, 6) is 2.40. The largest absolute Gasteiger partial charge is 0.496 e. The van der Waals surface area contributed by atoms with Crippen LogP contribution in [0.25, 0.3) is 0 Å². The Kier molecular flexibility index (Phi) is 5.22. The molecule has 0 unspecified atom stereocenters. The van der Waals surface area contributed by atoms with E-state index in [4.69, 9.17) is 18.9 Å². The van der Waals surface area contributed by atoms with Crippen molar-refractivity contribution >= 4 is 0 Å². The van der Waals surface area contributed by atoms with E-state index in [1.165, 1.54) is 0 Å². The van der Waals surface area contributed by atoms with Gasteiger partial charge in [-0.3, -0.25) is 9.88 Å². The highest BCUT2D eigenvalue weighted by molar-refractivity contribution is 5.51. The monoisotopic (exact) mass is 356 g/mol. The highest BCUT2D eigenvalue weighted by Gasteiger charge is 2.24. The van der Waals surface area contributed by atoms with Gasteiger partial charge >= 0.3 is 0 Å². The van der Waals surface area contributed by atoms with Crippen LogP contribution < -0.4 is 14.2 Å². The number of pyridine rings is 1. The Morgan fingerprint density at radius 3 is 2.81 bits per heavy atom. The Bertz CT molecular complexity index is 738. The van der Waals surface area contributed by atoms with Crippen LogP contribution in [0.5, 0.6) is 17.2 Å². The maximum atomic E-state index is 5.94. The number of benzene rings is 1. The lowest BCUT2D eigenvalue weighted by Crippen LogP contribution is -2.37. The summed E-state index contributed by atoms with van der Waals surface area (Å²) >= 11 is 0. The molecule has 26 heavy (non-hydrogen) atoms. The van der Waals surface area contributed by atoms with E-state index >= 15 is 0 Å². The molecule has 0 spiro atoms. The van der Waals surface area contributed by atoms with Crippen LogP contribution in [0.15, 0.2) is 36.7 Å². The van der Waals surface area contributed by atoms with Crippen molar-refractivity contribution in [3.8, 4) is 17.2 Å². The van der Waals surface area contributed by atoms with Crippen molar-refractivity contribution in [1.82, 2.24) is 9.88 Å². The zero-order chi connectivity index (χ0) is 17.8. The molecule has 2 aliphatic rings. The van der Waals surface area contributed by atoms with Crippen LogP contribution in [0.1, 0.15) is 23.7 Å². The summed E-state index contributed by atoms with van der Waals surface area (Å²) in [6, 6.07) is 8.00. The quantitative estimate of drug-likeness (QED) is 0.840. The van der Waals surface area contributed by atoms with Crippen molar-refractivity contribution in [1.29, 1.82) is 0 Å². The van der Waals surface area contributed by atoms with Gasteiger partial charge in [-0.05, 0) is 12.1 Å². The van der Waals surface area contributed by atoms with Crippen molar-refractivity contribution in [2.75, 3.05) is 40.0 Å². The van der Waals surface area contributed by atoms with E-state index in [-0.39, 0.29) is 6.10 Å². The second-order valence-corrected chi connectivity index (χ2v) is 6.54. The van der Waals surface area contributed by atoms with Gasteiger partial charge in [-0.1, -0.05) is 6.07 Å². The average molecular weight is 356 g/mol. The topological polar surface area (TPSA) is 53.1 Å². The minimum atomic E-state index is 0.0452. The molecule has 0 amide bonds. The van der Waals surface area contributed by atoms with Crippen LogP contribution in [0, 0.1) is 0 Å². The lowest BCUT2D eigenvalue weighted by Gasteiger charge is -2.33. The molecular formula is C20H24N2O4. The van der Waals surface area contributed by atoms with E-state index in [9.17, 15) is 0 Å². The number of hydrogen-bond acceptors (Lipinski definition) is 6. The van der Waals surface area contributed by atoms with Crippen molar-refractivity contribution < 1.29 is 18.9 Å². The molecule has 0 aliphatic carbocycles. The number of ether oxygens (including phenoxy) is 4. The lowest BCUT2D eigenvalue weighted by atomic mass is 10.1. The van der Waals surface area contributed by atoms with E-state index in [0.29, 0.717) is 19.8 Å². The number of methoxy groups -OCH3 is 1. The number of fused-ring (bicyclic) bond motifs is 1. The summed E-state index contributed by atoms with van der Waals surface area (Å²) in [5.41, 5.74) is 2.21. The molecular weight excluding hydrogens is 332 g/mol. The zero-order valence-electron chi connectivity index (χ0n) is 15.0. The fourth-order valence-electron chi connectivity index (χ4n) is 3.40. The van der Waals surface area contributed by atoms with Gasteiger partial charge in [0.05, 0.1) is 33.0 Å². The molecule has 3 heterocycles. The lowest BCUT2D eigenvalue weighted by molar-refractivity contribution is -0.0332. The fraction of sp³-hybridized carbons (Fsp3) is 0.450. The minimum Gasteiger partial charge on any atom is -0.496 e. The molecule has 1 aromatic heterocycles. The molecule has 1 atom stereocenters. The Labute approximate surface area is 153 Å². The Hall–Kier alpha value is -2.31. The van der Waals surface area contributed by atoms with Gasteiger partial charge in [-0.15, -0.1) is 0 Å². The maximum Gasteiger partial charge on any atom is 0.164 e. The highest BCUT2D eigenvalue weighted by atomic mass is 16.5. The molecule has 0 bridgehead atoms. The molecule has 0 N–H and O–H groups in total. The first-order valence-corrected chi connectivity index (χ1v) is 9.04. The van der Waals surface area contributed by atoms with Gasteiger partial charge in [0.1, 0.15) is 5.75 Å². The first kappa shape index (κ1) is 17.1. The van der Waals surface area contributed by atoms with Crippen LogP contribution in [0.3, 0.4) is 0 Å². The third-order valence-corrected chi connectivity index (χ3v) is 4.75. The molecule has 6 nitrogen and oxygen atoms in total. The summed E-state index contributed by atoms with van der Waals surface area (Å²) in [7, 11) is 1.69. The third-order valence-electron chi connectivity index (χ3n) is 4.75. The van der Waals surface area contributed by atoms with Crippen molar-refractivity contribution in [3.63, 3.8) is 0 Å². The van der Waals surface area contributed by atoms with Gasteiger partial charge in [-0.2, -0.15) is 0 Å². The molecule has 1 saturated heterocycles. The molecule has 2 aromatic rings. The molecule has 1 fully saturated rings. The standard InChI is InChI=1S/C20H24N2O4/c1-23-17-11-19-18(24-7-3-8-25-19)10-16(17)13-22-6-9-26-20(14-22)15-4-2-5-21-12-15/h2,4-5,10-12,20H,3,6-9,13-14H2,1H3/t20-/m0/s1. The van der Waals surface area contributed by atoms with Crippen LogP contribution >= 0.6 is 0 Å². The number of rotatable bonds is 4. The minimum absolute atomic E-state index is 0.0452. The molecule has 4 rings (SSSR count). The maximum absolute atomic E-state index is 5.94. The zero-order valence-corrected chi connectivity index (χ0v) is 15.0. The van der Waals surface area contributed by atoms with Crippen LogP contribution in [0.4, 0.5) is 0 Å². The van der Waals surface area contributed by atoms with Crippen molar-refractivity contribution in [2.24, 2.45) is 0 Å². The molecule has 2 aliphatic heterocycles. The number of aromatic nitrogens is 1. The Morgan fingerprint density at radius 2 is 2.04 bits per heavy atom. The summed E-state index contributed by atoms with van der Waals surface area (Å²) in [6.07, 6.45) is 4.60. The summed E-state index contributed by atoms with van der Waals surface area (Å²) in [6.45, 7) is 4.54. The SMILES string of the molecule is COc1cc2c(cc1CN1CCO[C@H](c3cccnc3)C1)OCCCO2. The smallest absolute Gasteiger partial charge is 0.164 e. The van der Waals surface area contributed by atoms with E-state index in [2.05, 4.69) is 16.0 Å². The first-order chi connectivity index (χ1) is 12.8. The van der Waals surface area contributed by atoms with E-state index in [1.807, 2.05) is 24.4 Å². The second kappa shape index (κ2) is 7.93. The summed E-state index contributed by atoms with van der Waals surface area (Å²) < 4.78 is 23.1. The number of morpholine rings is 1. The van der Waals surface area contributed by atoms with Gasteiger partial charge in [-0.25, -0.2) is 0 Å². The van der Waals surface area contributed by atoms with Gasteiger partial charge in [0.2, 0.25) is 0 Å². The number of nitrogens with zero attached hydrogens (tertiary/aromatic N) is 2. The molecule has 6 heteroatoms.